The molecule has 0 amide bonds. The minimum Gasteiger partial charge on any atom is -0.545 e. The number of carbonyl (C=O) groups excluding carboxylic acids is 2. The van der Waals surface area contributed by atoms with E-state index in [4.69, 9.17) is 5.11 Å². The van der Waals surface area contributed by atoms with Crippen LogP contribution in [0.25, 0.3) is 33.4 Å². The molecule has 4 rings (SSSR count). The van der Waals surface area contributed by atoms with E-state index in [-0.39, 0.29) is 16.7 Å². The average Bonchev–Trinajstić information content (AvgIpc) is 2.84. The predicted molar refractivity (Wildman–Crippen MR) is 118 cm³/mol. The molecule has 0 radical (unpaired) electrons. The Labute approximate surface area is 189 Å². The second-order valence-electron chi connectivity index (χ2n) is 7.41. The third kappa shape index (κ3) is 4.65. The maximum Gasteiger partial charge on any atom is 0.335 e. The second-order valence-corrected chi connectivity index (χ2v) is 7.41. The lowest BCUT2D eigenvalue weighted by atomic mass is 9.92. The molecule has 0 saturated heterocycles. The third-order valence-electron chi connectivity index (χ3n) is 5.31. The molecule has 0 aliphatic heterocycles. The molecule has 4 aromatic rings. The zero-order valence-electron chi connectivity index (χ0n) is 17.1. The van der Waals surface area contributed by atoms with Gasteiger partial charge in [-0.2, -0.15) is 0 Å². The van der Waals surface area contributed by atoms with Gasteiger partial charge in [-0.1, -0.05) is 60.7 Å². The highest BCUT2D eigenvalue weighted by molar-refractivity contribution is 5.90. The molecule has 33 heavy (non-hydrogen) atoms. The molecule has 0 aliphatic rings. The standard InChI is InChI=1S/C27H18O6/c28-25(29)19-7-1-16(2-8-19)22-13-23(17-3-9-20(10-4-17)26(30)31)15-24(14-22)18-5-11-21(12-6-18)27(32)33/h1-15H,(H,28,29)(H,30,31)(H,32,33)/p-2. The van der Waals surface area contributed by atoms with E-state index >= 15 is 0 Å². The van der Waals surface area contributed by atoms with Crippen LogP contribution >= 0.6 is 0 Å². The first-order valence-corrected chi connectivity index (χ1v) is 9.94. The van der Waals surface area contributed by atoms with Crippen LogP contribution in [0.2, 0.25) is 0 Å². The highest BCUT2D eigenvalue weighted by Gasteiger charge is 2.09. The summed E-state index contributed by atoms with van der Waals surface area (Å²) >= 11 is 0. The van der Waals surface area contributed by atoms with Crippen molar-refractivity contribution in [3.63, 3.8) is 0 Å². The molecular formula is C27H16O6-2. The summed E-state index contributed by atoms with van der Waals surface area (Å²) in [6, 6.07) is 24.8. The smallest absolute Gasteiger partial charge is 0.335 e. The number of carboxylic acid groups (broad SMARTS) is 3. The average molecular weight is 436 g/mol. The minimum absolute atomic E-state index is 0.0669. The quantitative estimate of drug-likeness (QED) is 0.496. The van der Waals surface area contributed by atoms with E-state index in [9.17, 15) is 24.6 Å². The van der Waals surface area contributed by atoms with Crippen molar-refractivity contribution in [2.75, 3.05) is 0 Å². The summed E-state index contributed by atoms with van der Waals surface area (Å²) in [7, 11) is 0. The normalized spacial score (nSPS) is 10.5. The van der Waals surface area contributed by atoms with E-state index in [1.807, 2.05) is 18.2 Å². The van der Waals surface area contributed by atoms with Crippen LogP contribution in [0.4, 0.5) is 0 Å². The van der Waals surface area contributed by atoms with Gasteiger partial charge in [-0.25, -0.2) is 4.79 Å². The molecule has 4 aromatic carbocycles. The van der Waals surface area contributed by atoms with E-state index in [0.29, 0.717) is 0 Å². The summed E-state index contributed by atoms with van der Waals surface area (Å²) in [5.74, 6) is -3.54. The summed E-state index contributed by atoms with van der Waals surface area (Å²) in [6.07, 6.45) is 0. The van der Waals surface area contributed by atoms with Gasteiger partial charge in [-0.15, -0.1) is 0 Å². The van der Waals surface area contributed by atoms with E-state index < -0.39 is 17.9 Å². The Morgan fingerprint density at radius 1 is 0.455 bits per heavy atom. The van der Waals surface area contributed by atoms with Crippen molar-refractivity contribution in [2.24, 2.45) is 0 Å². The number of carboxylic acids is 3. The summed E-state index contributed by atoms with van der Waals surface area (Å²) in [4.78, 5) is 33.3. The number of hydrogen-bond donors (Lipinski definition) is 1. The van der Waals surface area contributed by atoms with Crippen LogP contribution in [0.3, 0.4) is 0 Å². The van der Waals surface area contributed by atoms with Gasteiger partial charge in [0.1, 0.15) is 0 Å². The number of rotatable bonds is 6. The van der Waals surface area contributed by atoms with Gasteiger partial charge in [-0.05, 0) is 74.8 Å². The molecule has 0 bridgehead atoms. The van der Waals surface area contributed by atoms with Crippen LogP contribution in [0.1, 0.15) is 31.1 Å². The molecule has 0 unspecified atom stereocenters. The molecule has 162 valence electrons. The molecular weight excluding hydrogens is 420 g/mol. The third-order valence-corrected chi connectivity index (χ3v) is 5.31. The summed E-state index contributed by atoms with van der Waals surface area (Å²) in [5, 5.41) is 31.3. The summed E-state index contributed by atoms with van der Waals surface area (Å²) < 4.78 is 0. The Bertz CT molecular complexity index is 1170. The Morgan fingerprint density at radius 3 is 0.970 bits per heavy atom. The highest BCUT2D eigenvalue weighted by Crippen LogP contribution is 2.33. The number of benzene rings is 4. The van der Waals surface area contributed by atoms with Gasteiger partial charge >= 0.3 is 5.97 Å². The molecule has 0 spiro atoms. The Morgan fingerprint density at radius 2 is 0.727 bits per heavy atom. The fourth-order valence-corrected chi connectivity index (χ4v) is 3.53. The SMILES string of the molecule is O=C([O-])c1ccc(-c2cc(-c3ccc(C(=O)[O-])cc3)cc(-c3ccc(C(=O)O)cc3)c2)cc1. The van der Waals surface area contributed by atoms with Gasteiger partial charge in [0.2, 0.25) is 0 Å². The molecule has 0 saturated carbocycles. The first-order chi connectivity index (χ1) is 15.8. The monoisotopic (exact) mass is 436 g/mol. The van der Waals surface area contributed by atoms with Crippen LogP contribution in [0.15, 0.2) is 91.0 Å². The van der Waals surface area contributed by atoms with E-state index in [0.717, 1.165) is 33.4 Å². The number of carbonyl (C=O) groups is 3. The van der Waals surface area contributed by atoms with Gasteiger partial charge in [0.25, 0.3) is 0 Å². The number of hydrogen-bond acceptors (Lipinski definition) is 5. The highest BCUT2D eigenvalue weighted by atomic mass is 16.4. The maximum absolute atomic E-state index is 11.2. The van der Waals surface area contributed by atoms with Gasteiger partial charge in [0.15, 0.2) is 0 Å². The van der Waals surface area contributed by atoms with Crippen molar-refractivity contribution < 1.29 is 29.7 Å². The van der Waals surface area contributed by atoms with Crippen molar-refractivity contribution in [2.45, 2.75) is 0 Å². The van der Waals surface area contributed by atoms with Crippen LogP contribution in [-0.2, 0) is 0 Å². The van der Waals surface area contributed by atoms with Crippen molar-refractivity contribution >= 4 is 17.9 Å². The Hall–Kier alpha value is -4.71. The Kier molecular flexibility index (Phi) is 5.74. The van der Waals surface area contributed by atoms with Gasteiger partial charge < -0.3 is 24.9 Å². The largest absolute Gasteiger partial charge is 0.545 e. The van der Waals surface area contributed by atoms with Crippen LogP contribution < -0.4 is 10.2 Å². The van der Waals surface area contributed by atoms with Crippen molar-refractivity contribution in [3.05, 3.63) is 108 Å². The first-order valence-electron chi connectivity index (χ1n) is 9.94. The molecule has 0 fully saturated rings. The van der Waals surface area contributed by atoms with E-state index in [1.165, 1.54) is 36.4 Å². The van der Waals surface area contributed by atoms with Crippen LogP contribution in [0.5, 0.6) is 0 Å². The molecule has 0 heterocycles. The van der Waals surface area contributed by atoms with E-state index in [2.05, 4.69) is 0 Å². The molecule has 1 N–H and O–H groups in total. The molecule has 0 aliphatic carbocycles. The van der Waals surface area contributed by atoms with Gasteiger partial charge in [-0.3, -0.25) is 0 Å². The fourth-order valence-electron chi connectivity index (χ4n) is 3.53. The zero-order valence-corrected chi connectivity index (χ0v) is 17.1. The fraction of sp³-hybridized carbons (Fsp3) is 0. The van der Waals surface area contributed by atoms with Gasteiger partial charge in [0.05, 0.1) is 17.5 Å². The van der Waals surface area contributed by atoms with Crippen molar-refractivity contribution in [1.29, 1.82) is 0 Å². The van der Waals surface area contributed by atoms with Crippen molar-refractivity contribution in [1.82, 2.24) is 0 Å². The lowest BCUT2D eigenvalue weighted by Gasteiger charge is -2.13. The maximum atomic E-state index is 11.2. The van der Waals surface area contributed by atoms with Gasteiger partial charge in [0, 0.05) is 0 Å². The topological polar surface area (TPSA) is 118 Å². The first kappa shape index (κ1) is 21.5. The molecule has 6 nitrogen and oxygen atoms in total. The molecule has 0 aromatic heterocycles. The van der Waals surface area contributed by atoms with Crippen LogP contribution in [-0.4, -0.2) is 23.0 Å². The molecule has 0 atom stereocenters. The zero-order chi connectivity index (χ0) is 23.5. The van der Waals surface area contributed by atoms with Crippen LogP contribution in [0, 0.1) is 0 Å². The summed E-state index contributed by atoms with van der Waals surface area (Å²) in [5.41, 5.74) is 5.07. The lowest BCUT2D eigenvalue weighted by Crippen LogP contribution is -2.21. The van der Waals surface area contributed by atoms with E-state index in [1.54, 1.807) is 36.4 Å². The summed E-state index contributed by atoms with van der Waals surface area (Å²) in [6.45, 7) is 0. The molecule has 6 heteroatoms. The Balaban J connectivity index is 1.84. The van der Waals surface area contributed by atoms with Crippen molar-refractivity contribution in [3.8, 4) is 33.4 Å². The predicted octanol–water partition coefficient (Wildman–Crippen LogP) is 3.11. The lowest BCUT2D eigenvalue weighted by molar-refractivity contribution is -0.256. The minimum atomic E-state index is -1.26. The second kappa shape index (κ2) is 8.80. The number of aromatic carboxylic acids is 3.